The summed E-state index contributed by atoms with van der Waals surface area (Å²) in [5.74, 6) is 1.00. The summed E-state index contributed by atoms with van der Waals surface area (Å²) in [5.41, 5.74) is 3.69. The van der Waals surface area contributed by atoms with Crippen LogP contribution < -0.4 is 4.74 Å². The van der Waals surface area contributed by atoms with Gasteiger partial charge in [0.05, 0.1) is 29.8 Å². The van der Waals surface area contributed by atoms with Gasteiger partial charge in [0.15, 0.2) is 0 Å². The van der Waals surface area contributed by atoms with Gasteiger partial charge in [0, 0.05) is 12.2 Å². The van der Waals surface area contributed by atoms with Crippen molar-refractivity contribution >= 4 is 17.0 Å². The highest BCUT2D eigenvalue weighted by Gasteiger charge is 2.33. The monoisotopic (exact) mass is 379 g/mol. The molecule has 146 valence electrons. The van der Waals surface area contributed by atoms with Crippen LogP contribution in [0.5, 0.6) is 5.75 Å². The summed E-state index contributed by atoms with van der Waals surface area (Å²) >= 11 is 0. The van der Waals surface area contributed by atoms with E-state index in [0.29, 0.717) is 22.4 Å². The topological polar surface area (TPSA) is 68.5 Å². The quantitative estimate of drug-likeness (QED) is 0.660. The van der Waals surface area contributed by atoms with Gasteiger partial charge in [0.25, 0.3) is 11.6 Å². The number of nitrogens with zero attached hydrogens (tertiary/aromatic N) is 3. The second-order valence-corrected chi connectivity index (χ2v) is 7.63. The number of hydrogen-bond donors (Lipinski definition) is 0. The van der Waals surface area contributed by atoms with Crippen LogP contribution >= 0.6 is 0 Å². The van der Waals surface area contributed by atoms with Gasteiger partial charge in [-0.15, -0.1) is 0 Å². The Kier molecular flexibility index (Phi) is 4.79. The number of hydrogen-bond acceptors (Lipinski definition) is 5. The fourth-order valence-electron chi connectivity index (χ4n) is 3.94. The van der Waals surface area contributed by atoms with Crippen molar-refractivity contribution in [3.8, 4) is 5.75 Å². The standard InChI is InChI=1S/C22H25N3O3/c1-13(2)18-12-17(20-14(3)24-28-21(20)23-18)22(26)25-10-6-9-19(25)15-7-5-8-16(11-15)27-4/h5,7-8,11-13,19H,6,9-10H2,1-4H3. The van der Waals surface area contributed by atoms with E-state index in [4.69, 9.17) is 9.26 Å². The third-order valence-corrected chi connectivity index (χ3v) is 5.45. The summed E-state index contributed by atoms with van der Waals surface area (Å²) in [5, 5.41) is 4.75. The normalized spacial score (nSPS) is 16.9. The first-order valence-electron chi connectivity index (χ1n) is 9.71. The van der Waals surface area contributed by atoms with Crippen molar-refractivity contribution in [2.24, 2.45) is 0 Å². The minimum atomic E-state index is 0.00548. The Morgan fingerprint density at radius 1 is 1.32 bits per heavy atom. The number of carbonyl (C=O) groups is 1. The molecule has 6 nitrogen and oxygen atoms in total. The van der Waals surface area contributed by atoms with Crippen LogP contribution in [0.25, 0.3) is 11.1 Å². The fraction of sp³-hybridized carbons (Fsp3) is 0.409. The summed E-state index contributed by atoms with van der Waals surface area (Å²) in [6.07, 6.45) is 1.91. The molecule has 3 heterocycles. The number of likely N-dealkylation sites (tertiary alicyclic amines) is 1. The first kappa shape index (κ1) is 18.5. The van der Waals surface area contributed by atoms with Crippen molar-refractivity contribution < 1.29 is 14.1 Å². The molecule has 1 atom stereocenters. The lowest BCUT2D eigenvalue weighted by atomic mass is 10.0. The number of aromatic nitrogens is 2. The summed E-state index contributed by atoms with van der Waals surface area (Å²) in [6.45, 7) is 6.69. The van der Waals surface area contributed by atoms with Crippen molar-refractivity contribution in [1.82, 2.24) is 15.0 Å². The van der Waals surface area contributed by atoms with Crippen LogP contribution in [0.15, 0.2) is 34.9 Å². The first-order chi connectivity index (χ1) is 13.5. The second kappa shape index (κ2) is 7.26. The molecule has 1 aliphatic heterocycles. The molecule has 0 radical (unpaired) electrons. The fourth-order valence-corrected chi connectivity index (χ4v) is 3.94. The smallest absolute Gasteiger partial charge is 0.259 e. The highest BCUT2D eigenvalue weighted by Crippen LogP contribution is 2.36. The van der Waals surface area contributed by atoms with Gasteiger partial charge in [0.1, 0.15) is 5.75 Å². The Labute approximate surface area is 164 Å². The number of benzene rings is 1. The number of aryl methyl sites for hydroxylation is 1. The highest BCUT2D eigenvalue weighted by molar-refractivity contribution is 6.06. The molecule has 0 saturated carbocycles. The molecule has 0 bridgehead atoms. The Bertz CT molecular complexity index is 1030. The first-order valence-corrected chi connectivity index (χ1v) is 9.71. The lowest BCUT2D eigenvalue weighted by molar-refractivity contribution is 0.0737. The van der Waals surface area contributed by atoms with Crippen molar-refractivity contribution in [1.29, 1.82) is 0 Å². The van der Waals surface area contributed by atoms with Crippen molar-refractivity contribution in [2.45, 2.75) is 45.6 Å². The molecular weight excluding hydrogens is 354 g/mol. The number of carbonyl (C=O) groups excluding carboxylic acids is 1. The molecule has 1 fully saturated rings. The van der Waals surface area contributed by atoms with Gasteiger partial charge in [0.2, 0.25) is 0 Å². The summed E-state index contributed by atoms with van der Waals surface area (Å²) in [6, 6.07) is 9.91. The van der Waals surface area contributed by atoms with Gasteiger partial charge in [-0.3, -0.25) is 4.79 Å². The van der Waals surface area contributed by atoms with E-state index >= 15 is 0 Å². The lowest BCUT2D eigenvalue weighted by Crippen LogP contribution is -2.31. The Morgan fingerprint density at radius 3 is 2.89 bits per heavy atom. The number of pyridine rings is 1. The predicted octanol–water partition coefficient (Wildman–Crippen LogP) is 4.64. The molecular formula is C22H25N3O3. The van der Waals surface area contributed by atoms with Crippen molar-refractivity contribution in [3.63, 3.8) is 0 Å². The Hall–Kier alpha value is -2.89. The molecule has 1 amide bonds. The molecule has 4 rings (SSSR count). The van der Waals surface area contributed by atoms with Crippen LogP contribution in [0.3, 0.4) is 0 Å². The minimum Gasteiger partial charge on any atom is -0.497 e. The molecule has 1 unspecified atom stereocenters. The van der Waals surface area contributed by atoms with E-state index in [1.165, 1.54) is 0 Å². The highest BCUT2D eigenvalue weighted by atomic mass is 16.5. The van der Waals surface area contributed by atoms with Crippen LogP contribution in [-0.2, 0) is 0 Å². The molecule has 0 spiro atoms. The summed E-state index contributed by atoms with van der Waals surface area (Å²) in [4.78, 5) is 20.1. The number of amides is 1. The molecule has 2 aromatic heterocycles. The van der Waals surface area contributed by atoms with E-state index in [-0.39, 0.29) is 17.9 Å². The number of fused-ring (bicyclic) bond motifs is 1. The summed E-state index contributed by atoms with van der Waals surface area (Å²) in [7, 11) is 1.66. The zero-order valence-corrected chi connectivity index (χ0v) is 16.7. The van der Waals surface area contributed by atoms with E-state index in [2.05, 4.69) is 30.1 Å². The molecule has 6 heteroatoms. The third-order valence-electron chi connectivity index (χ3n) is 5.45. The maximum absolute atomic E-state index is 13.6. The van der Waals surface area contributed by atoms with Crippen LogP contribution in [0.2, 0.25) is 0 Å². The van der Waals surface area contributed by atoms with E-state index in [1.807, 2.05) is 36.1 Å². The molecule has 1 aliphatic rings. The van der Waals surface area contributed by atoms with Crippen LogP contribution in [0.4, 0.5) is 0 Å². The zero-order valence-electron chi connectivity index (χ0n) is 16.7. The van der Waals surface area contributed by atoms with Gasteiger partial charge in [-0.25, -0.2) is 4.98 Å². The van der Waals surface area contributed by atoms with Crippen LogP contribution in [-0.4, -0.2) is 34.6 Å². The molecule has 28 heavy (non-hydrogen) atoms. The number of rotatable bonds is 4. The lowest BCUT2D eigenvalue weighted by Gasteiger charge is -2.26. The Balaban J connectivity index is 1.77. The van der Waals surface area contributed by atoms with Gasteiger partial charge in [-0.1, -0.05) is 31.1 Å². The van der Waals surface area contributed by atoms with Gasteiger partial charge >= 0.3 is 0 Å². The SMILES string of the molecule is COc1cccc(C2CCCN2C(=O)c2cc(C(C)C)nc3onc(C)c23)c1. The van der Waals surface area contributed by atoms with E-state index < -0.39 is 0 Å². The zero-order chi connectivity index (χ0) is 19.8. The van der Waals surface area contributed by atoms with Crippen molar-refractivity contribution in [2.75, 3.05) is 13.7 Å². The molecule has 1 aromatic carbocycles. The average molecular weight is 379 g/mol. The average Bonchev–Trinajstić information content (AvgIpc) is 3.34. The molecule has 0 N–H and O–H groups in total. The maximum Gasteiger partial charge on any atom is 0.259 e. The van der Waals surface area contributed by atoms with Crippen LogP contribution in [0.1, 0.15) is 66.0 Å². The van der Waals surface area contributed by atoms with E-state index in [0.717, 1.165) is 36.4 Å². The molecule has 3 aromatic rings. The molecule has 1 saturated heterocycles. The third kappa shape index (κ3) is 3.13. The van der Waals surface area contributed by atoms with Gasteiger partial charge in [-0.05, 0) is 49.4 Å². The largest absolute Gasteiger partial charge is 0.497 e. The number of ether oxygens (including phenoxy) is 1. The van der Waals surface area contributed by atoms with Crippen molar-refractivity contribution in [3.05, 3.63) is 52.8 Å². The molecule has 0 aliphatic carbocycles. The van der Waals surface area contributed by atoms with E-state index in [1.54, 1.807) is 7.11 Å². The minimum absolute atomic E-state index is 0.00548. The van der Waals surface area contributed by atoms with Crippen LogP contribution in [0, 0.1) is 6.92 Å². The summed E-state index contributed by atoms with van der Waals surface area (Å²) < 4.78 is 10.8. The number of methoxy groups -OCH3 is 1. The maximum atomic E-state index is 13.6. The Morgan fingerprint density at radius 2 is 2.14 bits per heavy atom. The van der Waals surface area contributed by atoms with E-state index in [9.17, 15) is 4.79 Å². The second-order valence-electron chi connectivity index (χ2n) is 7.63. The van der Waals surface area contributed by atoms with Gasteiger partial charge in [-0.2, -0.15) is 0 Å². The predicted molar refractivity (Wildman–Crippen MR) is 107 cm³/mol. The van der Waals surface area contributed by atoms with Gasteiger partial charge < -0.3 is 14.2 Å².